The van der Waals surface area contributed by atoms with E-state index in [9.17, 15) is 18.3 Å². The van der Waals surface area contributed by atoms with Gasteiger partial charge in [0.1, 0.15) is 5.78 Å². The molecule has 1 fully saturated rings. The van der Waals surface area contributed by atoms with E-state index >= 15 is 0 Å². The molecule has 1 saturated carbocycles. The van der Waals surface area contributed by atoms with Gasteiger partial charge in [-0.15, -0.1) is 0 Å². The second kappa shape index (κ2) is 10.5. The number of rotatable bonds is 11. The molecule has 0 aromatic heterocycles. The van der Waals surface area contributed by atoms with Gasteiger partial charge in [0.05, 0.1) is 16.9 Å². The minimum absolute atomic E-state index is 0. The molecule has 5 rings (SSSR count). The Morgan fingerprint density at radius 1 is 1.05 bits per heavy atom. The van der Waals surface area contributed by atoms with Crippen molar-refractivity contribution in [2.24, 2.45) is 0 Å². The van der Waals surface area contributed by atoms with Gasteiger partial charge in [-0.1, -0.05) is 49.7 Å². The highest BCUT2D eigenvalue weighted by atomic mass is 32.2. The molecule has 1 atom stereocenters. The fourth-order valence-corrected chi connectivity index (χ4v) is 6.39. The Labute approximate surface area is 226 Å². The number of carbonyl (C=O) groups excluding carboxylic acids is 1. The fraction of sp³-hybridized carbons (Fsp3) is 0.367. The molecule has 1 aliphatic heterocycles. The molecular weight excluding hydrogens is 502 g/mol. The molecule has 0 unspecified atom stereocenters. The zero-order valence-electron chi connectivity index (χ0n) is 21.7. The summed E-state index contributed by atoms with van der Waals surface area (Å²) >= 11 is 0. The van der Waals surface area contributed by atoms with E-state index < -0.39 is 21.5 Å². The number of sulfonamides is 1. The van der Waals surface area contributed by atoms with Crippen LogP contribution in [0.25, 0.3) is 11.1 Å². The molecule has 3 aromatic carbocycles. The zero-order valence-corrected chi connectivity index (χ0v) is 22.5. The second-order valence-corrected chi connectivity index (χ2v) is 11.9. The molecule has 0 radical (unpaired) electrons. The van der Waals surface area contributed by atoms with Crippen LogP contribution in [0.4, 0.5) is 0 Å². The van der Waals surface area contributed by atoms with Gasteiger partial charge >= 0.3 is 0 Å². The number of carbonyl (C=O) groups is 1. The molecule has 3 aromatic rings. The van der Waals surface area contributed by atoms with Gasteiger partial charge in [0.2, 0.25) is 16.8 Å². The number of nitrogens with one attached hydrogen (secondary N) is 1. The summed E-state index contributed by atoms with van der Waals surface area (Å²) in [6, 6.07) is 18.0. The lowest BCUT2D eigenvalue weighted by molar-refractivity contribution is -0.120. The molecule has 38 heavy (non-hydrogen) atoms. The maximum absolute atomic E-state index is 13.5. The van der Waals surface area contributed by atoms with E-state index in [0.717, 1.165) is 47.1 Å². The van der Waals surface area contributed by atoms with Crippen LogP contribution in [0.3, 0.4) is 0 Å². The van der Waals surface area contributed by atoms with Crippen molar-refractivity contribution in [3.8, 4) is 22.6 Å². The number of ketones is 1. The lowest BCUT2D eigenvalue weighted by atomic mass is 9.87. The van der Waals surface area contributed by atoms with E-state index in [1.54, 1.807) is 24.3 Å². The third kappa shape index (κ3) is 5.21. The largest absolute Gasteiger partial charge is 0.454 e. The number of aliphatic hydroxyl groups is 1. The number of aryl methyl sites for hydroxylation is 1. The third-order valence-corrected chi connectivity index (χ3v) is 9.07. The Bertz CT molecular complexity index is 1460. The van der Waals surface area contributed by atoms with Crippen molar-refractivity contribution in [3.05, 3.63) is 77.4 Å². The van der Waals surface area contributed by atoms with E-state index in [4.69, 9.17) is 9.47 Å². The molecule has 0 amide bonds. The summed E-state index contributed by atoms with van der Waals surface area (Å²) in [7, 11) is -3.74. The smallest absolute Gasteiger partial charge is 0.240 e. The highest BCUT2D eigenvalue weighted by Crippen LogP contribution is 2.51. The Balaban J connectivity index is 0.00000220. The van der Waals surface area contributed by atoms with Crippen molar-refractivity contribution in [1.29, 1.82) is 0 Å². The normalized spacial score (nSPS) is 16.3. The van der Waals surface area contributed by atoms with E-state index in [1.807, 2.05) is 50.2 Å². The van der Waals surface area contributed by atoms with Crippen LogP contribution >= 0.6 is 0 Å². The first-order valence-electron chi connectivity index (χ1n) is 13.0. The summed E-state index contributed by atoms with van der Waals surface area (Å²) < 4.78 is 39.1. The van der Waals surface area contributed by atoms with Crippen molar-refractivity contribution in [1.82, 2.24) is 4.72 Å². The Hall–Kier alpha value is -3.20. The van der Waals surface area contributed by atoms with Crippen LogP contribution in [0, 0.1) is 6.92 Å². The van der Waals surface area contributed by atoms with Crippen molar-refractivity contribution >= 4 is 15.8 Å². The number of fused-ring (bicyclic) bond motifs is 1. The number of benzene rings is 3. The molecule has 0 bridgehead atoms. The summed E-state index contributed by atoms with van der Waals surface area (Å²) in [4.78, 5) is 13.6. The van der Waals surface area contributed by atoms with Gasteiger partial charge in [0.25, 0.3) is 0 Å². The van der Waals surface area contributed by atoms with Crippen LogP contribution in [0.15, 0.2) is 65.6 Å². The van der Waals surface area contributed by atoms with E-state index in [-0.39, 0.29) is 26.9 Å². The predicted molar refractivity (Wildman–Crippen MR) is 149 cm³/mol. The number of hydrogen-bond acceptors (Lipinski definition) is 6. The van der Waals surface area contributed by atoms with E-state index in [2.05, 4.69) is 4.72 Å². The van der Waals surface area contributed by atoms with Crippen molar-refractivity contribution < 1.29 is 30.6 Å². The van der Waals surface area contributed by atoms with Gasteiger partial charge in [-0.25, -0.2) is 13.1 Å². The number of hydrogen-bond donors (Lipinski definition) is 2. The SMILES string of the molecule is CCC[C@H](CO)NS(=O)(=O)c1ccc(-c2cc(CC(=O)C3(c4ccc5c(c4)OCO5)CC3)ccc2C)cc1.[HH].[HH]. The van der Waals surface area contributed by atoms with E-state index in [0.29, 0.717) is 24.3 Å². The standard InChI is InChI=1S/C30H33NO6S.2H2/c1-3-4-24(18-32)31-38(34,35)25-10-7-22(8-11-25)26-15-21(6-5-20(26)2)16-29(33)30(13-14-30)23-9-12-27-28(17-23)37-19-36-27;;/h5-12,15,17,24,31-32H,3-4,13-14,16,18-19H2,1-2H3;2*1H/t24-;;/m1../s1. The molecule has 2 N–H and O–H groups in total. The zero-order chi connectivity index (χ0) is 26.9. The molecule has 1 heterocycles. The summed E-state index contributed by atoms with van der Waals surface area (Å²) in [6.07, 6.45) is 3.29. The van der Waals surface area contributed by atoms with Crippen molar-refractivity contribution in [3.63, 3.8) is 0 Å². The minimum atomic E-state index is -3.74. The van der Waals surface area contributed by atoms with Crippen LogP contribution in [-0.2, 0) is 26.7 Å². The van der Waals surface area contributed by atoms with Crippen molar-refractivity contribution in [2.45, 2.75) is 62.3 Å². The highest BCUT2D eigenvalue weighted by Gasteiger charge is 2.50. The summed E-state index contributed by atoms with van der Waals surface area (Å²) in [5, 5.41) is 9.47. The minimum Gasteiger partial charge on any atom is -0.454 e. The van der Waals surface area contributed by atoms with Gasteiger partial charge in [-0.05, 0) is 78.3 Å². The Morgan fingerprint density at radius 3 is 2.47 bits per heavy atom. The van der Waals surface area contributed by atoms with Crippen LogP contribution in [0.1, 0.15) is 52.2 Å². The number of Topliss-reactive ketones (excluding diaryl/α,β-unsaturated/α-hetero) is 1. The molecule has 2 aliphatic rings. The van der Waals surface area contributed by atoms with Crippen LogP contribution in [0.5, 0.6) is 11.5 Å². The number of ether oxygens (including phenoxy) is 2. The summed E-state index contributed by atoms with van der Waals surface area (Å²) in [5.41, 5.74) is 4.30. The van der Waals surface area contributed by atoms with E-state index in [1.165, 1.54) is 0 Å². The average Bonchev–Trinajstić information content (AvgIpc) is 3.60. The first-order chi connectivity index (χ1) is 18.3. The molecule has 0 spiro atoms. The Kier molecular flexibility index (Phi) is 7.31. The lowest BCUT2D eigenvalue weighted by Gasteiger charge is -2.17. The first kappa shape index (κ1) is 26.4. The van der Waals surface area contributed by atoms with Crippen LogP contribution in [-0.4, -0.2) is 38.7 Å². The summed E-state index contributed by atoms with van der Waals surface area (Å²) in [5.74, 6) is 1.59. The fourth-order valence-electron chi connectivity index (χ4n) is 5.13. The maximum Gasteiger partial charge on any atom is 0.240 e. The molecular formula is C30H37NO6S. The van der Waals surface area contributed by atoms with Gasteiger partial charge in [0.15, 0.2) is 11.5 Å². The first-order valence-corrected chi connectivity index (χ1v) is 14.5. The van der Waals surface area contributed by atoms with Gasteiger partial charge in [0, 0.05) is 15.3 Å². The van der Waals surface area contributed by atoms with Gasteiger partial charge < -0.3 is 14.6 Å². The lowest BCUT2D eigenvalue weighted by Crippen LogP contribution is -2.37. The number of aliphatic hydroxyl groups excluding tert-OH is 1. The quantitative estimate of drug-likeness (QED) is 0.349. The van der Waals surface area contributed by atoms with Crippen LogP contribution < -0.4 is 14.2 Å². The average molecular weight is 540 g/mol. The monoisotopic (exact) mass is 539 g/mol. The molecule has 204 valence electrons. The maximum atomic E-state index is 13.5. The second-order valence-electron chi connectivity index (χ2n) is 10.2. The predicted octanol–water partition coefficient (Wildman–Crippen LogP) is 5.17. The van der Waals surface area contributed by atoms with Gasteiger partial charge in [-0.2, -0.15) is 0 Å². The molecule has 7 nitrogen and oxygen atoms in total. The topological polar surface area (TPSA) is 102 Å². The molecule has 0 saturated heterocycles. The van der Waals surface area contributed by atoms with Crippen molar-refractivity contribution in [2.75, 3.05) is 13.4 Å². The molecule has 1 aliphatic carbocycles. The summed E-state index contributed by atoms with van der Waals surface area (Å²) in [6.45, 7) is 3.90. The molecule has 8 heteroatoms. The van der Waals surface area contributed by atoms with Gasteiger partial charge in [-0.3, -0.25) is 4.79 Å². The Morgan fingerprint density at radius 2 is 1.79 bits per heavy atom. The van der Waals surface area contributed by atoms with Crippen LogP contribution in [0.2, 0.25) is 0 Å². The highest BCUT2D eigenvalue weighted by molar-refractivity contribution is 7.89. The third-order valence-electron chi connectivity index (χ3n) is 7.53.